The maximum Gasteiger partial charge on any atom is 0.230 e. The van der Waals surface area contributed by atoms with Crippen molar-refractivity contribution in [1.29, 1.82) is 0 Å². The lowest BCUT2D eigenvalue weighted by atomic mass is 10.2. The van der Waals surface area contributed by atoms with Crippen molar-refractivity contribution in [3.63, 3.8) is 0 Å². The SMILES string of the molecule is COc1nc(N(C)C)sc1CNC1CCSC1. The number of hydrogen-bond acceptors (Lipinski definition) is 6. The van der Waals surface area contributed by atoms with Gasteiger partial charge in [0.25, 0.3) is 0 Å². The molecule has 1 aromatic rings. The molecule has 0 aromatic carbocycles. The van der Waals surface area contributed by atoms with Crippen molar-refractivity contribution in [1.82, 2.24) is 10.3 Å². The van der Waals surface area contributed by atoms with Gasteiger partial charge < -0.3 is 15.0 Å². The molecule has 96 valence electrons. The molecular weight excluding hydrogens is 254 g/mol. The Bertz CT molecular complexity index is 362. The van der Waals surface area contributed by atoms with Crippen molar-refractivity contribution in [2.45, 2.75) is 19.0 Å². The molecule has 1 fully saturated rings. The van der Waals surface area contributed by atoms with E-state index in [0.29, 0.717) is 6.04 Å². The van der Waals surface area contributed by atoms with Gasteiger partial charge in [0.2, 0.25) is 5.88 Å². The highest BCUT2D eigenvalue weighted by atomic mass is 32.2. The first-order valence-corrected chi connectivity index (χ1v) is 7.70. The molecule has 1 N–H and O–H groups in total. The van der Waals surface area contributed by atoms with Crippen molar-refractivity contribution in [2.24, 2.45) is 0 Å². The number of aromatic nitrogens is 1. The maximum absolute atomic E-state index is 5.32. The van der Waals surface area contributed by atoms with Crippen molar-refractivity contribution in [3.8, 4) is 5.88 Å². The Morgan fingerprint density at radius 3 is 2.94 bits per heavy atom. The van der Waals surface area contributed by atoms with Gasteiger partial charge in [-0.05, 0) is 12.2 Å². The zero-order valence-corrected chi connectivity index (χ0v) is 12.2. The molecule has 1 aliphatic rings. The Kier molecular flexibility index (Phi) is 4.53. The van der Waals surface area contributed by atoms with Crippen LogP contribution in [-0.4, -0.2) is 43.7 Å². The number of hydrogen-bond donors (Lipinski definition) is 1. The second kappa shape index (κ2) is 5.93. The maximum atomic E-state index is 5.32. The zero-order chi connectivity index (χ0) is 12.3. The fourth-order valence-electron chi connectivity index (χ4n) is 1.72. The minimum atomic E-state index is 0.648. The molecule has 0 radical (unpaired) electrons. The second-order valence-corrected chi connectivity index (χ2v) is 6.48. The smallest absolute Gasteiger partial charge is 0.230 e. The van der Waals surface area contributed by atoms with E-state index in [1.165, 1.54) is 22.8 Å². The Balaban J connectivity index is 1.98. The summed E-state index contributed by atoms with van der Waals surface area (Å²) in [5, 5.41) is 4.58. The minimum Gasteiger partial charge on any atom is -0.480 e. The Hall–Kier alpha value is -0.460. The third-order valence-electron chi connectivity index (χ3n) is 2.71. The summed E-state index contributed by atoms with van der Waals surface area (Å²) in [6.45, 7) is 0.861. The summed E-state index contributed by atoms with van der Waals surface area (Å²) >= 11 is 3.72. The first-order chi connectivity index (χ1) is 8.20. The van der Waals surface area contributed by atoms with Crippen molar-refractivity contribution < 1.29 is 4.74 Å². The van der Waals surface area contributed by atoms with Gasteiger partial charge in [0.15, 0.2) is 5.13 Å². The van der Waals surface area contributed by atoms with Crippen LogP contribution in [-0.2, 0) is 6.54 Å². The van der Waals surface area contributed by atoms with E-state index in [-0.39, 0.29) is 0 Å². The van der Waals surface area contributed by atoms with Crippen molar-refractivity contribution >= 4 is 28.2 Å². The first-order valence-electron chi connectivity index (χ1n) is 5.73. The number of ether oxygens (including phenoxy) is 1. The molecule has 0 amide bonds. The van der Waals surface area contributed by atoms with Crippen LogP contribution in [0.3, 0.4) is 0 Å². The van der Waals surface area contributed by atoms with Crippen LogP contribution in [0.15, 0.2) is 0 Å². The number of thiazole rings is 1. The molecule has 0 aliphatic carbocycles. The lowest BCUT2D eigenvalue weighted by Gasteiger charge is -2.10. The molecule has 17 heavy (non-hydrogen) atoms. The normalized spacial score (nSPS) is 19.6. The van der Waals surface area contributed by atoms with Gasteiger partial charge in [-0.2, -0.15) is 16.7 Å². The molecule has 2 heterocycles. The fraction of sp³-hybridized carbons (Fsp3) is 0.727. The van der Waals surface area contributed by atoms with E-state index in [2.05, 4.69) is 10.3 Å². The standard InChI is InChI=1S/C11H19N3OS2/c1-14(2)11-13-10(15-3)9(17-11)6-12-8-4-5-16-7-8/h8,12H,4-7H2,1-3H3. The van der Waals surface area contributed by atoms with E-state index in [1.54, 1.807) is 18.4 Å². The van der Waals surface area contributed by atoms with Crippen LogP contribution in [0, 0.1) is 0 Å². The third-order valence-corrected chi connectivity index (χ3v) is 5.07. The van der Waals surface area contributed by atoms with Crippen molar-refractivity contribution in [3.05, 3.63) is 4.88 Å². The summed E-state index contributed by atoms with van der Waals surface area (Å²) < 4.78 is 5.32. The monoisotopic (exact) mass is 273 g/mol. The lowest BCUT2D eigenvalue weighted by Crippen LogP contribution is -2.27. The molecule has 6 heteroatoms. The summed E-state index contributed by atoms with van der Waals surface area (Å²) in [6.07, 6.45) is 1.27. The van der Waals surface area contributed by atoms with Gasteiger partial charge in [0.1, 0.15) is 0 Å². The highest BCUT2D eigenvalue weighted by Crippen LogP contribution is 2.30. The van der Waals surface area contributed by atoms with E-state index >= 15 is 0 Å². The van der Waals surface area contributed by atoms with Gasteiger partial charge >= 0.3 is 0 Å². The highest BCUT2D eigenvalue weighted by Gasteiger charge is 2.17. The van der Waals surface area contributed by atoms with Gasteiger partial charge in [-0.25, -0.2) is 0 Å². The van der Waals surface area contributed by atoms with Gasteiger partial charge in [-0.3, -0.25) is 0 Å². The van der Waals surface area contributed by atoms with Crippen LogP contribution in [0.2, 0.25) is 0 Å². The molecule has 1 saturated heterocycles. The summed E-state index contributed by atoms with van der Waals surface area (Å²) in [5.74, 6) is 3.26. The van der Waals surface area contributed by atoms with Crippen LogP contribution in [0.25, 0.3) is 0 Å². The van der Waals surface area contributed by atoms with E-state index in [1.807, 2.05) is 30.8 Å². The zero-order valence-electron chi connectivity index (χ0n) is 10.5. The van der Waals surface area contributed by atoms with Crippen molar-refractivity contribution in [2.75, 3.05) is 37.6 Å². The molecular formula is C11H19N3OS2. The highest BCUT2D eigenvalue weighted by molar-refractivity contribution is 7.99. The van der Waals surface area contributed by atoms with E-state index in [9.17, 15) is 0 Å². The molecule has 4 nitrogen and oxygen atoms in total. The molecule has 1 aromatic heterocycles. The molecule has 2 rings (SSSR count). The van der Waals surface area contributed by atoms with Crippen LogP contribution in [0.4, 0.5) is 5.13 Å². The largest absolute Gasteiger partial charge is 0.480 e. The second-order valence-electron chi connectivity index (χ2n) is 4.26. The Morgan fingerprint density at radius 1 is 1.53 bits per heavy atom. The van der Waals surface area contributed by atoms with Gasteiger partial charge in [-0.15, -0.1) is 0 Å². The van der Waals surface area contributed by atoms with E-state index in [4.69, 9.17) is 4.74 Å². The van der Waals surface area contributed by atoms with E-state index in [0.717, 1.165) is 17.6 Å². The summed E-state index contributed by atoms with van der Waals surface area (Å²) in [4.78, 5) is 7.65. The molecule has 0 bridgehead atoms. The predicted molar refractivity (Wildman–Crippen MR) is 75.6 cm³/mol. The average Bonchev–Trinajstić information content (AvgIpc) is 2.95. The predicted octanol–water partition coefficient (Wildman–Crippen LogP) is 1.81. The van der Waals surface area contributed by atoms with Crippen LogP contribution >= 0.6 is 23.1 Å². The molecule has 1 atom stereocenters. The molecule has 0 spiro atoms. The van der Waals surface area contributed by atoms with Gasteiger partial charge in [-0.1, -0.05) is 11.3 Å². The quantitative estimate of drug-likeness (QED) is 0.885. The Morgan fingerprint density at radius 2 is 2.35 bits per heavy atom. The minimum absolute atomic E-state index is 0.648. The van der Waals surface area contributed by atoms with Gasteiger partial charge in [0.05, 0.1) is 12.0 Å². The fourth-order valence-corrected chi connectivity index (χ4v) is 3.81. The first kappa shape index (κ1) is 13.0. The summed E-state index contributed by atoms with van der Waals surface area (Å²) in [7, 11) is 5.69. The average molecular weight is 273 g/mol. The van der Waals surface area contributed by atoms with Crippen LogP contribution in [0.5, 0.6) is 5.88 Å². The number of rotatable bonds is 5. The van der Waals surface area contributed by atoms with Crippen LogP contribution < -0.4 is 15.0 Å². The topological polar surface area (TPSA) is 37.4 Å². The third kappa shape index (κ3) is 3.26. The number of nitrogens with zero attached hydrogens (tertiary/aromatic N) is 2. The summed E-state index contributed by atoms with van der Waals surface area (Å²) in [6, 6.07) is 0.648. The van der Waals surface area contributed by atoms with Crippen LogP contribution in [0.1, 0.15) is 11.3 Å². The number of anilines is 1. The summed E-state index contributed by atoms with van der Waals surface area (Å²) in [5.41, 5.74) is 0. The van der Waals surface area contributed by atoms with E-state index < -0.39 is 0 Å². The molecule has 0 saturated carbocycles. The molecule has 1 unspecified atom stereocenters. The van der Waals surface area contributed by atoms with Gasteiger partial charge in [0, 0.05) is 32.4 Å². The number of nitrogens with one attached hydrogen (secondary N) is 1. The number of thioether (sulfide) groups is 1. The molecule has 1 aliphatic heterocycles. The lowest BCUT2D eigenvalue weighted by molar-refractivity contribution is 0.393. The Labute approximate surface area is 111 Å². The number of methoxy groups -OCH3 is 1.